The van der Waals surface area contributed by atoms with Crippen molar-refractivity contribution in [1.29, 1.82) is 0 Å². The summed E-state index contributed by atoms with van der Waals surface area (Å²) in [7, 11) is 0. The number of benzene rings is 1. The van der Waals surface area contributed by atoms with E-state index in [0.29, 0.717) is 0 Å². The number of unbranched alkanes of at least 4 members (excludes halogenated alkanes) is 3. The number of anilines is 1. The van der Waals surface area contributed by atoms with Gasteiger partial charge in [0.05, 0.1) is 19.4 Å². The van der Waals surface area contributed by atoms with Crippen molar-refractivity contribution < 1.29 is 9.15 Å². The molecule has 0 radical (unpaired) electrons. The number of nitrogens with one attached hydrogen (secondary N) is 2. The Bertz CT molecular complexity index is 509. The van der Waals surface area contributed by atoms with Gasteiger partial charge in [-0.05, 0) is 42.8 Å². The van der Waals surface area contributed by atoms with Crippen LogP contribution in [0.1, 0.15) is 38.4 Å². The van der Waals surface area contributed by atoms with Gasteiger partial charge in [0.2, 0.25) is 0 Å². The summed E-state index contributed by atoms with van der Waals surface area (Å²) >= 11 is 0. The maximum Gasteiger partial charge on any atom is 0.119 e. The molecule has 0 amide bonds. The minimum atomic E-state index is 0.763. The fourth-order valence-electron chi connectivity index (χ4n) is 2.31. The van der Waals surface area contributed by atoms with Gasteiger partial charge in [-0.1, -0.05) is 26.2 Å². The van der Waals surface area contributed by atoms with Gasteiger partial charge in [0, 0.05) is 18.8 Å². The van der Waals surface area contributed by atoms with Crippen molar-refractivity contribution in [3.05, 3.63) is 48.4 Å². The van der Waals surface area contributed by atoms with Crippen molar-refractivity contribution in [2.45, 2.75) is 39.2 Å². The van der Waals surface area contributed by atoms with E-state index in [9.17, 15) is 0 Å². The molecule has 4 heteroatoms. The van der Waals surface area contributed by atoms with Gasteiger partial charge in [-0.15, -0.1) is 0 Å². The number of hydrogen-bond donors (Lipinski definition) is 2. The molecule has 0 spiro atoms. The first-order valence-corrected chi connectivity index (χ1v) is 8.58. The molecule has 0 saturated carbocycles. The minimum absolute atomic E-state index is 0.763. The highest BCUT2D eigenvalue weighted by molar-refractivity contribution is 5.46. The van der Waals surface area contributed by atoms with Crippen LogP contribution in [0, 0.1) is 0 Å². The second-order valence-electron chi connectivity index (χ2n) is 5.62. The van der Waals surface area contributed by atoms with Gasteiger partial charge in [-0.2, -0.15) is 0 Å². The van der Waals surface area contributed by atoms with Crippen LogP contribution in [0.2, 0.25) is 0 Å². The molecule has 0 aliphatic heterocycles. The molecule has 2 N–H and O–H groups in total. The average molecular weight is 316 g/mol. The van der Waals surface area contributed by atoms with Crippen LogP contribution < -0.4 is 15.4 Å². The van der Waals surface area contributed by atoms with Crippen LogP contribution in [-0.2, 0) is 6.54 Å². The van der Waals surface area contributed by atoms with Crippen LogP contribution in [-0.4, -0.2) is 19.7 Å². The molecule has 1 heterocycles. The molecule has 23 heavy (non-hydrogen) atoms. The van der Waals surface area contributed by atoms with E-state index in [4.69, 9.17) is 9.15 Å². The van der Waals surface area contributed by atoms with Gasteiger partial charge >= 0.3 is 0 Å². The lowest BCUT2D eigenvalue weighted by Crippen LogP contribution is -2.21. The molecule has 2 aromatic rings. The number of rotatable bonds is 12. The topological polar surface area (TPSA) is 46.4 Å². The molecule has 0 fully saturated rings. The second kappa shape index (κ2) is 10.7. The van der Waals surface area contributed by atoms with E-state index < -0.39 is 0 Å². The molecule has 2 rings (SSSR count). The molecule has 1 aromatic heterocycles. The van der Waals surface area contributed by atoms with Crippen LogP contribution in [0.3, 0.4) is 0 Å². The van der Waals surface area contributed by atoms with Gasteiger partial charge < -0.3 is 19.8 Å². The Labute approximate surface area is 139 Å². The summed E-state index contributed by atoms with van der Waals surface area (Å²) in [5, 5.41) is 6.72. The summed E-state index contributed by atoms with van der Waals surface area (Å²) < 4.78 is 11.0. The number of ether oxygens (including phenoxy) is 1. The molecule has 1 aromatic carbocycles. The van der Waals surface area contributed by atoms with E-state index in [0.717, 1.165) is 49.9 Å². The van der Waals surface area contributed by atoms with Crippen LogP contribution >= 0.6 is 0 Å². The Hall–Kier alpha value is -1.94. The summed E-state index contributed by atoms with van der Waals surface area (Å²) in [5.41, 5.74) is 1.11. The van der Waals surface area contributed by atoms with Crippen molar-refractivity contribution in [1.82, 2.24) is 5.32 Å². The smallest absolute Gasteiger partial charge is 0.119 e. The molecule has 0 bridgehead atoms. The maximum absolute atomic E-state index is 5.74. The lowest BCUT2D eigenvalue weighted by Gasteiger charge is -2.09. The summed E-state index contributed by atoms with van der Waals surface area (Å²) in [5.74, 6) is 1.91. The van der Waals surface area contributed by atoms with Gasteiger partial charge in [0.1, 0.15) is 11.5 Å². The van der Waals surface area contributed by atoms with Crippen LogP contribution in [0.15, 0.2) is 47.1 Å². The van der Waals surface area contributed by atoms with E-state index in [1.165, 1.54) is 19.3 Å². The number of furan rings is 1. The largest absolute Gasteiger partial charge is 0.494 e. The normalized spacial score (nSPS) is 10.7. The summed E-state index contributed by atoms with van der Waals surface area (Å²) in [6.07, 6.45) is 6.63. The fourth-order valence-corrected chi connectivity index (χ4v) is 2.31. The first-order chi connectivity index (χ1) is 11.4. The Balaban J connectivity index is 1.55. The Morgan fingerprint density at radius 2 is 1.87 bits per heavy atom. The zero-order valence-electron chi connectivity index (χ0n) is 14.0. The van der Waals surface area contributed by atoms with E-state index in [1.807, 2.05) is 24.3 Å². The summed E-state index contributed by atoms with van der Waals surface area (Å²) in [6, 6.07) is 12.1. The fraction of sp³-hybridized carbons (Fsp3) is 0.474. The third-order valence-corrected chi connectivity index (χ3v) is 3.63. The molecule has 0 aliphatic rings. The van der Waals surface area contributed by atoms with Crippen LogP contribution in [0.5, 0.6) is 5.75 Å². The Morgan fingerprint density at radius 1 is 1.00 bits per heavy atom. The first kappa shape index (κ1) is 17.4. The lowest BCUT2D eigenvalue weighted by atomic mass is 10.2. The molecule has 0 saturated heterocycles. The van der Waals surface area contributed by atoms with Crippen molar-refractivity contribution in [2.75, 3.05) is 25.0 Å². The third kappa shape index (κ3) is 7.24. The van der Waals surface area contributed by atoms with Gasteiger partial charge in [0.15, 0.2) is 0 Å². The Kier molecular flexibility index (Phi) is 8.12. The van der Waals surface area contributed by atoms with E-state index in [2.05, 4.69) is 29.7 Å². The quantitative estimate of drug-likeness (QED) is 0.568. The molecule has 0 aliphatic carbocycles. The average Bonchev–Trinajstić information content (AvgIpc) is 3.09. The first-order valence-electron chi connectivity index (χ1n) is 8.58. The third-order valence-electron chi connectivity index (χ3n) is 3.63. The predicted octanol–water partition coefficient (Wildman–Crippen LogP) is 4.44. The monoisotopic (exact) mass is 316 g/mol. The second-order valence-corrected chi connectivity index (χ2v) is 5.62. The zero-order chi connectivity index (χ0) is 16.2. The van der Waals surface area contributed by atoms with Gasteiger partial charge in [0.25, 0.3) is 0 Å². The Morgan fingerprint density at radius 3 is 2.61 bits per heavy atom. The van der Waals surface area contributed by atoms with Crippen molar-refractivity contribution in [2.24, 2.45) is 0 Å². The highest BCUT2D eigenvalue weighted by Crippen LogP contribution is 2.16. The highest BCUT2D eigenvalue weighted by Gasteiger charge is 1.97. The van der Waals surface area contributed by atoms with Gasteiger partial charge in [-0.3, -0.25) is 0 Å². The number of hydrogen-bond acceptors (Lipinski definition) is 4. The van der Waals surface area contributed by atoms with Crippen molar-refractivity contribution in [3.8, 4) is 5.75 Å². The zero-order valence-corrected chi connectivity index (χ0v) is 14.0. The molecule has 4 nitrogen and oxygen atoms in total. The molecule has 0 atom stereocenters. The lowest BCUT2D eigenvalue weighted by molar-refractivity contribution is 0.305. The molecule has 126 valence electrons. The molecular weight excluding hydrogens is 288 g/mol. The molecular formula is C19H28N2O2. The minimum Gasteiger partial charge on any atom is -0.494 e. The SMILES string of the molecule is CCCCCCOc1ccc(NCCNCc2ccco2)cc1. The van der Waals surface area contributed by atoms with Crippen molar-refractivity contribution >= 4 is 5.69 Å². The standard InChI is InChI=1S/C19H28N2O2/c1-2-3-4-5-14-22-18-10-8-17(9-11-18)21-13-12-20-16-19-7-6-15-23-19/h6-11,15,20-21H,2-5,12-14,16H2,1H3. The van der Waals surface area contributed by atoms with Crippen LogP contribution in [0.25, 0.3) is 0 Å². The highest BCUT2D eigenvalue weighted by atomic mass is 16.5. The van der Waals surface area contributed by atoms with E-state index in [-0.39, 0.29) is 0 Å². The van der Waals surface area contributed by atoms with E-state index >= 15 is 0 Å². The maximum atomic E-state index is 5.74. The predicted molar refractivity (Wildman–Crippen MR) is 95.0 cm³/mol. The summed E-state index contributed by atoms with van der Waals surface area (Å²) in [4.78, 5) is 0. The van der Waals surface area contributed by atoms with Crippen molar-refractivity contribution in [3.63, 3.8) is 0 Å². The summed E-state index contributed by atoms with van der Waals surface area (Å²) in [6.45, 7) is 5.55. The van der Waals surface area contributed by atoms with E-state index in [1.54, 1.807) is 6.26 Å². The van der Waals surface area contributed by atoms with Gasteiger partial charge in [-0.25, -0.2) is 0 Å². The molecule has 0 unspecified atom stereocenters. The van der Waals surface area contributed by atoms with Crippen LogP contribution in [0.4, 0.5) is 5.69 Å².